The van der Waals surface area contributed by atoms with Gasteiger partial charge in [0, 0.05) is 44.7 Å². The van der Waals surface area contributed by atoms with Crippen molar-refractivity contribution in [2.24, 2.45) is 16.2 Å². The molecule has 2 aliphatic rings. The number of nitrogens with zero attached hydrogens (tertiary/aromatic N) is 4. The number of ether oxygens (including phenoxy) is 2. The number of nitrogens with one attached hydrogen (secondary N) is 3. The highest BCUT2D eigenvalue weighted by atomic mass is 32.1. The maximum atomic E-state index is 13.8. The van der Waals surface area contributed by atoms with E-state index >= 15 is 0 Å². The van der Waals surface area contributed by atoms with E-state index in [4.69, 9.17) is 9.47 Å². The minimum atomic E-state index is -0.805. The third-order valence-electron chi connectivity index (χ3n) is 10.8. The predicted molar refractivity (Wildman–Crippen MR) is 217 cm³/mol. The maximum absolute atomic E-state index is 13.8. The fourth-order valence-electron chi connectivity index (χ4n) is 8.30. The van der Waals surface area contributed by atoms with E-state index < -0.39 is 17.5 Å². The molecule has 306 valence electrons. The summed E-state index contributed by atoms with van der Waals surface area (Å²) in [4.78, 5) is 59.7. The summed E-state index contributed by atoms with van der Waals surface area (Å²) >= 11 is 1.57. The van der Waals surface area contributed by atoms with Crippen LogP contribution in [-0.2, 0) is 36.9 Å². The Hall–Kier alpha value is -4.14. The van der Waals surface area contributed by atoms with Crippen LogP contribution in [0.2, 0.25) is 0 Å². The maximum Gasteiger partial charge on any atom is 0.254 e. The molecular formula is C42H61N7O6S. The van der Waals surface area contributed by atoms with Gasteiger partial charge in [-0.3, -0.25) is 28.8 Å². The van der Waals surface area contributed by atoms with Gasteiger partial charge < -0.3 is 30.3 Å². The average Bonchev–Trinajstić information content (AvgIpc) is 3.95. The van der Waals surface area contributed by atoms with Crippen LogP contribution in [0.4, 0.5) is 0 Å². The molecule has 1 aromatic carbocycles. The average molecular weight is 792 g/mol. The Morgan fingerprint density at radius 2 is 1.68 bits per heavy atom. The molecule has 0 bridgehead atoms. The van der Waals surface area contributed by atoms with Crippen molar-refractivity contribution >= 4 is 35.0 Å². The molecule has 1 saturated carbocycles. The van der Waals surface area contributed by atoms with E-state index in [-0.39, 0.29) is 47.1 Å². The first kappa shape index (κ1) is 43.0. The Morgan fingerprint density at radius 1 is 0.964 bits per heavy atom. The van der Waals surface area contributed by atoms with E-state index in [0.29, 0.717) is 51.4 Å². The first-order valence-electron chi connectivity index (χ1n) is 19.9. The molecule has 2 aromatic heterocycles. The van der Waals surface area contributed by atoms with Crippen LogP contribution in [0.5, 0.6) is 0 Å². The van der Waals surface area contributed by atoms with Crippen LogP contribution < -0.4 is 16.0 Å². The molecule has 5 rings (SSSR count). The van der Waals surface area contributed by atoms with Crippen molar-refractivity contribution in [2.45, 2.75) is 118 Å². The normalized spacial score (nSPS) is 18.3. The first-order valence-corrected chi connectivity index (χ1v) is 20.8. The standard InChI is InChI=1S/C42H61N7O6S/c1-40(2,3)35(38(53)49-17-11-12-32(49)37(52)44-22-29-13-15-30(16-14-29)33-24-43-28-56-33)46-34(50)26-55-20-10-8-9-19-54-21-18-48-25-31(23-45-48)36(51)47-39-41(4,5)27-42(39,6)7/h13-16,23-25,28,32,35,39H,8-12,17-22,26-27H2,1-7H3,(H,44,52)(H,46,50)(H,47,51)/t32-,35+/m0/s1. The lowest BCUT2D eigenvalue weighted by molar-refractivity contribution is -0.144. The number of unbranched alkanes of at least 4 members (excludes halogenated alkanes) is 2. The highest BCUT2D eigenvalue weighted by Gasteiger charge is 2.53. The van der Waals surface area contributed by atoms with Gasteiger partial charge in [0.2, 0.25) is 17.7 Å². The summed E-state index contributed by atoms with van der Waals surface area (Å²) in [5.74, 6) is -0.906. The number of thiazole rings is 1. The van der Waals surface area contributed by atoms with Crippen LogP contribution in [0, 0.1) is 16.2 Å². The fraction of sp³-hybridized carbons (Fsp3) is 0.619. The zero-order valence-electron chi connectivity index (χ0n) is 34.2. The van der Waals surface area contributed by atoms with Crippen LogP contribution in [-0.4, -0.2) is 94.4 Å². The smallest absolute Gasteiger partial charge is 0.254 e. The molecule has 2 atom stereocenters. The van der Waals surface area contributed by atoms with Crippen LogP contribution in [0.1, 0.15) is 103 Å². The molecule has 2 fully saturated rings. The molecule has 13 nitrogen and oxygen atoms in total. The monoisotopic (exact) mass is 791 g/mol. The second-order valence-corrected chi connectivity index (χ2v) is 18.5. The van der Waals surface area contributed by atoms with Gasteiger partial charge in [0.25, 0.3) is 5.91 Å². The van der Waals surface area contributed by atoms with Crippen molar-refractivity contribution in [2.75, 3.05) is 33.0 Å². The van der Waals surface area contributed by atoms with Crippen LogP contribution in [0.3, 0.4) is 0 Å². The van der Waals surface area contributed by atoms with Crippen molar-refractivity contribution in [3.8, 4) is 10.4 Å². The molecule has 1 aliphatic heterocycles. The zero-order chi connectivity index (χ0) is 40.5. The Morgan fingerprint density at radius 3 is 2.34 bits per heavy atom. The summed E-state index contributed by atoms with van der Waals surface area (Å²) in [6.45, 7) is 17.2. The van der Waals surface area contributed by atoms with Gasteiger partial charge in [0.15, 0.2) is 0 Å². The van der Waals surface area contributed by atoms with Gasteiger partial charge in [-0.2, -0.15) is 5.10 Å². The summed E-state index contributed by atoms with van der Waals surface area (Å²) in [5.41, 5.74) is 3.99. The molecule has 3 heterocycles. The largest absolute Gasteiger partial charge is 0.380 e. The SMILES string of the molecule is CC1(C)CC(C)(C)C1NC(=O)c1cnn(CCOCCCCCOCC(=O)N[C@H](C(=O)N2CCC[C@H]2C(=O)NCc2ccc(-c3cncs3)cc2)C(C)(C)C)c1. The summed E-state index contributed by atoms with van der Waals surface area (Å²) < 4.78 is 13.2. The molecule has 0 unspecified atom stereocenters. The molecule has 1 aliphatic carbocycles. The number of carbonyl (C=O) groups excluding carboxylic acids is 4. The Balaban J connectivity index is 0.945. The van der Waals surface area contributed by atoms with Crippen molar-refractivity contribution in [1.82, 2.24) is 35.6 Å². The molecule has 0 spiro atoms. The Kier molecular flexibility index (Phi) is 14.5. The van der Waals surface area contributed by atoms with Crippen LogP contribution in [0.15, 0.2) is 48.4 Å². The van der Waals surface area contributed by atoms with Crippen molar-refractivity contribution in [1.29, 1.82) is 0 Å². The number of carbonyl (C=O) groups is 4. The van der Waals surface area contributed by atoms with Gasteiger partial charge in [-0.1, -0.05) is 72.7 Å². The highest BCUT2D eigenvalue weighted by molar-refractivity contribution is 7.13. The number of likely N-dealkylation sites (tertiary alicyclic amines) is 1. The van der Waals surface area contributed by atoms with E-state index in [9.17, 15) is 19.2 Å². The second kappa shape index (κ2) is 18.9. The first-order chi connectivity index (χ1) is 26.5. The van der Waals surface area contributed by atoms with Gasteiger partial charge in [0.05, 0.1) is 35.3 Å². The number of aromatic nitrogens is 3. The summed E-state index contributed by atoms with van der Waals surface area (Å²) in [7, 11) is 0. The van der Waals surface area contributed by atoms with Crippen molar-refractivity contribution in [3.05, 3.63) is 59.5 Å². The lowest BCUT2D eigenvalue weighted by atomic mass is 9.52. The van der Waals surface area contributed by atoms with Gasteiger partial charge in [0.1, 0.15) is 18.7 Å². The summed E-state index contributed by atoms with van der Waals surface area (Å²) in [5, 5.41) is 13.4. The Labute approximate surface area is 335 Å². The summed E-state index contributed by atoms with van der Waals surface area (Å²) in [6.07, 6.45) is 10.1. The predicted octanol–water partition coefficient (Wildman–Crippen LogP) is 5.60. The third-order valence-corrected chi connectivity index (χ3v) is 11.6. The summed E-state index contributed by atoms with van der Waals surface area (Å²) in [6, 6.07) is 6.72. The molecule has 56 heavy (non-hydrogen) atoms. The van der Waals surface area contributed by atoms with Crippen molar-refractivity contribution < 1.29 is 28.7 Å². The third kappa shape index (κ3) is 11.5. The molecular weight excluding hydrogens is 731 g/mol. The van der Waals surface area contributed by atoms with Gasteiger partial charge in [-0.15, -0.1) is 11.3 Å². The van der Waals surface area contributed by atoms with E-state index in [1.54, 1.807) is 38.8 Å². The zero-order valence-corrected chi connectivity index (χ0v) is 35.0. The molecule has 1 saturated heterocycles. The topological polar surface area (TPSA) is 157 Å². The number of hydrogen-bond donors (Lipinski definition) is 3. The number of benzene rings is 1. The van der Waals surface area contributed by atoms with Crippen LogP contribution >= 0.6 is 11.3 Å². The number of hydrogen-bond acceptors (Lipinski definition) is 9. The lowest BCUT2D eigenvalue weighted by Crippen LogP contribution is -2.63. The molecule has 4 amide bonds. The fourth-order valence-corrected chi connectivity index (χ4v) is 8.92. The Bertz CT molecular complexity index is 1750. The number of amides is 4. The van der Waals surface area contributed by atoms with E-state index in [2.05, 4.69) is 53.7 Å². The van der Waals surface area contributed by atoms with Gasteiger partial charge in [-0.25, -0.2) is 0 Å². The molecule has 3 N–H and O–H groups in total. The van der Waals surface area contributed by atoms with Gasteiger partial charge in [-0.05, 0) is 65.9 Å². The van der Waals surface area contributed by atoms with Crippen molar-refractivity contribution in [3.63, 3.8) is 0 Å². The molecule has 3 aromatic rings. The minimum absolute atomic E-state index is 0.0844. The second-order valence-electron chi connectivity index (χ2n) is 17.6. The van der Waals surface area contributed by atoms with E-state index in [1.807, 2.05) is 51.2 Å². The molecule has 14 heteroatoms. The lowest BCUT2D eigenvalue weighted by Gasteiger charge is -2.57. The molecule has 0 radical (unpaired) electrons. The van der Waals surface area contributed by atoms with E-state index in [1.165, 1.54) is 0 Å². The van der Waals surface area contributed by atoms with E-state index in [0.717, 1.165) is 48.1 Å². The minimum Gasteiger partial charge on any atom is -0.380 e. The highest BCUT2D eigenvalue weighted by Crippen LogP contribution is 2.53. The van der Waals surface area contributed by atoms with Gasteiger partial charge >= 0.3 is 0 Å². The quantitative estimate of drug-likeness (QED) is 0.133. The van der Waals surface area contributed by atoms with Crippen LogP contribution in [0.25, 0.3) is 10.4 Å². The number of rotatable bonds is 19.